The minimum Gasteiger partial charge on any atom is -0.340 e. The van der Waals surface area contributed by atoms with Crippen LogP contribution in [0.1, 0.15) is 16.8 Å². The van der Waals surface area contributed by atoms with Crippen molar-refractivity contribution in [3.8, 4) is 0 Å². The summed E-state index contributed by atoms with van der Waals surface area (Å²) in [7, 11) is 0. The number of hydrogen-bond acceptors (Lipinski definition) is 3. The van der Waals surface area contributed by atoms with E-state index in [4.69, 9.17) is 0 Å². The molecular weight excluding hydrogens is 407 g/mol. The van der Waals surface area contributed by atoms with Gasteiger partial charge in [0.1, 0.15) is 11.9 Å². The number of rotatable bonds is 7. The molecular formula is C18H18BrFN2O2S. The maximum Gasteiger partial charge on any atom is 0.253 e. The zero-order valence-electron chi connectivity index (χ0n) is 13.6. The number of carbonyl (C=O) groups is 2. The predicted molar refractivity (Wildman–Crippen MR) is 103 cm³/mol. The fourth-order valence-electron chi connectivity index (χ4n) is 2.18. The van der Waals surface area contributed by atoms with Crippen LogP contribution in [0.4, 0.5) is 10.1 Å². The van der Waals surface area contributed by atoms with E-state index in [1.54, 1.807) is 36.0 Å². The summed E-state index contributed by atoms with van der Waals surface area (Å²) in [5.74, 6) is -0.443. The Morgan fingerprint density at radius 2 is 1.96 bits per heavy atom. The highest BCUT2D eigenvalue weighted by Crippen LogP contribution is 2.16. The second kappa shape index (κ2) is 9.58. The van der Waals surface area contributed by atoms with Gasteiger partial charge in [-0.05, 0) is 64.7 Å². The first-order valence-electron chi connectivity index (χ1n) is 7.62. The van der Waals surface area contributed by atoms with Gasteiger partial charge >= 0.3 is 0 Å². The Bertz CT molecular complexity index is 757. The van der Waals surface area contributed by atoms with Crippen LogP contribution in [0.2, 0.25) is 0 Å². The van der Waals surface area contributed by atoms with Crippen LogP contribution in [0.3, 0.4) is 0 Å². The fourth-order valence-corrected chi connectivity index (χ4v) is 3.12. The van der Waals surface area contributed by atoms with Crippen LogP contribution in [0.15, 0.2) is 53.0 Å². The zero-order valence-corrected chi connectivity index (χ0v) is 16.0. The van der Waals surface area contributed by atoms with Gasteiger partial charge in [-0.25, -0.2) is 4.39 Å². The minimum absolute atomic E-state index is 0.340. The van der Waals surface area contributed by atoms with Crippen LogP contribution in [-0.2, 0) is 4.79 Å². The topological polar surface area (TPSA) is 58.2 Å². The first-order valence-corrected chi connectivity index (χ1v) is 9.80. The van der Waals surface area contributed by atoms with Crippen molar-refractivity contribution in [2.45, 2.75) is 12.5 Å². The van der Waals surface area contributed by atoms with E-state index in [0.717, 1.165) is 0 Å². The second-order valence-electron chi connectivity index (χ2n) is 5.29. The Hall–Kier alpha value is -1.86. The number of halogens is 2. The van der Waals surface area contributed by atoms with E-state index in [0.29, 0.717) is 27.9 Å². The van der Waals surface area contributed by atoms with Crippen molar-refractivity contribution in [2.75, 3.05) is 17.3 Å². The van der Waals surface area contributed by atoms with Crippen molar-refractivity contribution < 1.29 is 14.0 Å². The van der Waals surface area contributed by atoms with Crippen molar-refractivity contribution in [2.24, 2.45) is 0 Å². The number of nitrogens with one attached hydrogen (secondary N) is 2. The molecule has 0 aliphatic heterocycles. The highest BCUT2D eigenvalue weighted by molar-refractivity contribution is 9.10. The standard InChI is InChI=1S/C18H18BrFN2O2S/c1-25-10-9-16(18(24)21-13-6-4-5-12(20)11-13)22-17(23)14-7-2-3-8-15(14)19/h2-8,11,16H,9-10H2,1H3,(H,21,24)(H,22,23). The van der Waals surface area contributed by atoms with Crippen LogP contribution in [0.25, 0.3) is 0 Å². The fraction of sp³-hybridized carbons (Fsp3) is 0.222. The molecule has 2 aromatic rings. The van der Waals surface area contributed by atoms with Crippen molar-refractivity contribution >= 4 is 45.2 Å². The molecule has 7 heteroatoms. The molecule has 4 nitrogen and oxygen atoms in total. The van der Waals surface area contributed by atoms with E-state index in [2.05, 4.69) is 26.6 Å². The normalized spacial score (nSPS) is 11.6. The third kappa shape index (κ3) is 5.86. The Labute approximate surface area is 158 Å². The third-order valence-corrected chi connectivity index (χ3v) is 4.78. The highest BCUT2D eigenvalue weighted by atomic mass is 79.9. The average Bonchev–Trinajstić information content (AvgIpc) is 2.58. The van der Waals surface area contributed by atoms with Gasteiger partial charge in [-0.2, -0.15) is 11.8 Å². The van der Waals surface area contributed by atoms with Crippen molar-refractivity contribution in [3.05, 3.63) is 64.4 Å². The van der Waals surface area contributed by atoms with Crippen molar-refractivity contribution in [3.63, 3.8) is 0 Å². The molecule has 0 spiro atoms. The molecule has 132 valence electrons. The number of amides is 2. The summed E-state index contributed by atoms with van der Waals surface area (Å²) in [6.07, 6.45) is 2.40. The van der Waals surface area contributed by atoms with Gasteiger partial charge in [0.15, 0.2) is 0 Å². The first kappa shape index (κ1) is 19.5. The molecule has 0 heterocycles. The predicted octanol–water partition coefficient (Wildman–Crippen LogP) is 4.08. The summed E-state index contributed by atoms with van der Waals surface area (Å²) in [5.41, 5.74) is 0.810. The maximum absolute atomic E-state index is 13.3. The molecule has 0 bridgehead atoms. The van der Waals surface area contributed by atoms with Crippen LogP contribution >= 0.6 is 27.7 Å². The van der Waals surface area contributed by atoms with E-state index in [1.165, 1.54) is 18.2 Å². The molecule has 2 aromatic carbocycles. The van der Waals surface area contributed by atoms with Gasteiger partial charge in [-0.3, -0.25) is 9.59 Å². The monoisotopic (exact) mass is 424 g/mol. The quantitative estimate of drug-likeness (QED) is 0.703. The van der Waals surface area contributed by atoms with Gasteiger partial charge in [-0.15, -0.1) is 0 Å². The van der Waals surface area contributed by atoms with E-state index >= 15 is 0 Å². The number of hydrogen-bond donors (Lipinski definition) is 2. The summed E-state index contributed by atoms with van der Waals surface area (Å²) in [5, 5.41) is 5.40. The first-order chi connectivity index (χ1) is 12.0. The minimum atomic E-state index is -0.713. The summed E-state index contributed by atoms with van der Waals surface area (Å²) in [6, 6.07) is 11.9. The van der Waals surface area contributed by atoms with Gasteiger partial charge in [0, 0.05) is 10.2 Å². The molecule has 2 amide bonds. The van der Waals surface area contributed by atoms with Crippen LogP contribution < -0.4 is 10.6 Å². The molecule has 0 aliphatic carbocycles. The molecule has 2 rings (SSSR count). The van der Waals surface area contributed by atoms with Gasteiger partial charge in [0.05, 0.1) is 5.56 Å². The second-order valence-corrected chi connectivity index (χ2v) is 7.13. The summed E-state index contributed by atoms with van der Waals surface area (Å²) in [6.45, 7) is 0. The summed E-state index contributed by atoms with van der Waals surface area (Å²) < 4.78 is 13.9. The number of anilines is 1. The molecule has 1 atom stereocenters. The molecule has 0 aliphatic rings. The molecule has 0 fully saturated rings. The molecule has 0 saturated heterocycles. The van der Waals surface area contributed by atoms with Crippen molar-refractivity contribution in [1.82, 2.24) is 5.32 Å². The molecule has 25 heavy (non-hydrogen) atoms. The maximum atomic E-state index is 13.3. The lowest BCUT2D eigenvalue weighted by atomic mass is 10.1. The Kier molecular flexibility index (Phi) is 7.46. The lowest BCUT2D eigenvalue weighted by molar-refractivity contribution is -0.118. The lowest BCUT2D eigenvalue weighted by Crippen LogP contribution is -2.44. The zero-order chi connectivity index (χ0) is 18.2. The average molecular weight is 425 g/mol. The number of benzene rings is 2. The highest BCUT2D eigenvalue weighted by Gasteiger charge is 2.22. The smallest absolute Gasteiger partial charge is 0.253 e. The summed E-state index contributed by atoms with van der Waals surface area (Å²) >= 11 is 4.91. The van der Waals surface area contributed by atoms with Gasteiger partial charge in [0.2, 0.25) is 5.91 Å². The van der Waals surface area contributed by atoms with E-state index in [1.807, 2.05) is 12.3 Å². The summed E-state index contributed by atoms with van der Waals surface area (Å²) in [4.78, 5) is 25.0. The largest absolute Gasteiger partial charge is 0.340 e. The molecule has 0 aromatic heterocycles. The van der Waals surface area contributed by atoms with Gasteiger partial charge < -0.3 is 10.6 Å². The Morgan fingerprint density at radius 1 is 1.20 bits per heavy atom. The van der Waals surface area contributed by atoms with Gasteiger partial charge in [0.25, 0.3) is 5.91 Å². The van der Waals surface area contributed by atoms with E-state index in [9.17, 15) is 14.0 Å². The van der Waals surface area contributed by atoms with Crippen LogP contribution in [0.5, 0.6) is 0 Å². The molecule has 0 saturated carbocycles. The molecule has 2 N–H and O–H groups in total. The van der Waals surface area contributed by atoms with Crippen LogP contribution in [-0.4, -0.2) is 29.9 Å². The third-order valence-electron chi connectivity index (χ3n) is 3.44. The van der Waals surface area contributed by atoms with E-state index < -0.39 is 11.9 Å². The Balaban J connectivity index is 2.10. The lowest BCUT2D eigenvalue weighted by Gasteiger charge is -2.18. The van der Waals surface area contributed by atoms with E-state index in [-0.39, 0.29) is 11.8 Å². The molecule has 1 unspecified atom stereocenters. The number of thioether (sulfide) groups is 1. The number of carbonyl (C=O) groups excluding carboxylic acids is 2. The SMILES string of the molecule is CSCCC(NC(=O)c1ccccc1Br)C(=O)Nc1cccc(F)c1. The van der Waals surface area contributed by atoms with Gasteiger partial charge in [-0.1, -0.05) is 18.2 Å². The van der Waals surface area contributed by atoms with Crippen molar-refractivity contribution in [1.29, 1.82) is 0 Å². The molecule has 0 radical (unpaired) electrons. The Morgan fingerprint density at radius 3 is 2.64 bits per heavy atom. The van der Waals surface area contributed by atoms with Crippen LogP contribution in [0, 0.1) is 5.82 Å².